The molecule has 10 heavy (non-hydrogen) atoms. The molecule has 0 aliphatic rings. The van der Waals surface area contributed by atoms with Crippen molar-refractivity contribution < 1.29 is 14.3 Å². The van der Waals surface area contributed by atoms with Gasteiger partial charge in [-0.05, 0) is 6.92 Å². The number of oxazole rings is 1. The van der Waals surface area contributed by atoms with Gasteiger partial charge in [-0.2, -0.15) is 0 Å². The normalized spacial score (nSPS) is 9.80. The van der Waals surface area contributed by atoms with E-state index in [0.29, 0.717) is 9.59 Å². The summed E-state index contributed by atoms with van der Waals surface area (Å²) in [6.07, 6.45) is 0. The van der Waals surface area contributed by atoms with Gasteiger partial charge < -0.3 is 9.52 Å². The summed E-state index contributed by atoms with van der Waals surface area (Å²) in [7, 11) is 0. The quantitative estimate of drug-likeness (QED) is 0.766. The van der Waals surface area contributed by atoms with Gasteiger partial charge in [-0.15, -0.1) is 0 Å². The molecule has 1 aromatic heterocycles. The van der Waals surface area contributed by atoms with Crippen LogP contribution in [-0.2, 0) is 0 Å². The van der Waals surface area contributed by atoms with Crippen molar-refractivity contribution in [2.75, 3.05) is 0 Å². The van der Waals surface area contributed by atoms with Crippen molar-refractivity contribution in [1.29, 1.82) is 0 Å². The Hall–Kier alpha value is -0.590. The van der Waals surface area contributed by atoms with Crippen LogP contribution in [-0.4, -0.2) is 16.1 Å². The molecule has 1 N–H and O–H groups in total. The first-order chi connectivity index (χ1) is 4.61. The number of rotatable bonds is 1. The summed E-state index contributed by atoms with van der Waals surface area (Å²) in [4.78, 5) is 14.1. The highest BCUT2D eigenvalue weighted by atomic mass is 127. The molecular formula is C5H4INO3. The van der Waals surface area contributed by atoms with E-state index in [1.165, 1.54) is 0 Å². The maximum Gasteiger partial charge on any atom is 0.373 e. The minimum atomic E-state index is -1.08. The second-order valence-electron chi connectivity index (χ2n) is 1.69. The Morgan fingerprint density at radius 2 is 2.40 bits per heavy atom. The molecule has 0 amide bonds. The van der Waals surface area contributed by atoms with E-state index >= 15 is 0 Å². The summed E-state index contributed by atoms with van der Waals surface area (Å²) in [6.45, 7) is 1.59. The number of aromatic carboxylic acids is 1. The Morgan fingerprint density at radius 1 is 1.80 bits per heavy atom. The lowest BCUT2D eigenvalue weighted by molar-refractivity contribution is 0.0659. The number of halogens is 1. The molecule has 4 nitrogen and oxygen atoms in total. The molecule has 1 aromatic rings. The van der Waals surface area contributed by atoms with Crippen molar-refractivity contribution >= 4 is 28.6 Å². The largest absolute Gasteiger partial charge is 0.475 e. The van der Waals surface area contributed by atoms with E-state index in [-0.39, 0.29) is 5.76 Å². The molecule has 0 aromatic carbocycles. The lowest BCUT2D eigenvalue weighted by Gasteiger charge is -1.83. The number of aromatic nitrogens is 1. The summed E-state index contributed by atoms with van der Waals surface area (Å²) in [6, 6.07) is 0. The van der Waals surface area contributed by atoms with Crippen LogP contribution in [0.2, 0.25) is 0 Å². The lowest BCUT2D eigenvalue weighted by atomic mass is 10.4. The minimum Gasteiger partial charge on any atom is -0.475 e. The van der Waals surface area contributed by atoms with Gasteiger partial charge in [0.25, 0.3) is 3.90 Å². The molecule has 0 unspecified atom stereocenters. The van der Waals surface area contributed by atoms with E-state index in [0.717, 1.165) is 0 Å². The second kappa shape index (κ2) is 2.57. The van der Waals surface area contributed by atoms with E-state index in [1.807, 2.05) is 22.6 Å². The third-order valence-corrected chi connectivity index (χ3v) is 1.43. The average molecular weight is 253 g/mol. The van der Waals surface area contributed by atoms with Crippen LogP contribution in [0.25, 0.3) is 0 Å². The molecular weight excluding hydrogens is 249 g/mol. The van der Waals surface area contributed by atoms with Gasteiger partial charge in [-0.25, -0.2) is 9.78 Å². The molecule has 0 spiro atoms. The molecule has 1 rings (SSSR count). The highest BCUT2D eigenvalue weighted by molar-refractivity contribution is 14.1. The number of aryl methyl sites for hydroxylation is 1. The van der Waals surface area contributed by atoms with Crippen molar-refractivity contribution in [3.8, 4) is 0 Å². The van der Waals surface area contributed by atoms with Crippen molar-refractivity contribution in [3.05, 3.63) is 15.4 Å². The number of carbonyl (C=O) groups is 1. The van der Waals surface area contributed by atoms with Crippen LogP contribution in [0.5, 0.6) is 0 Å². The molecule has 0 saturated heterocycles. The molecule has 0 radical (unpaired) electrons. The SMILES string of the molecule is Cc1nc(I)oc1C(=O)O. The van der Waals surface area contributed by atoms with Gasteiger partial charge in [0.05, 0.1) is 5.69 Å². The third kappa shape index (κ3) is 1.28. The first-order valence-corrected chi connectivity index (χ1v) is 3.55. The van der Waals surface area contributed by atoms with Gasteiger partial charge in [0, 0.05) is 22.6 Å². The zero-order valence-electron chi connectivity index (χ0n) is 5.09. The first kappa shape index (κ1) is 7.52. The van der Waals surface area contributed by atoms with Gasteiger partial charge in [-0.3, -0.25) is 0 Å². The summed E-state index contributed by atoms with van der Waals surface area (Å²) in [5, 5.41) is 8.44. The van der Waals surface area contributed by atoms with Crippen molar-refractivity contribution in [1.82, 2.24) is 4.98 Å². The van der Waals surface area contributed by atoms with E-state index in [9.17, 15) is 4.79 Å². The summed E-state index contributed by atoms with van der Waals surface area (Å²) < 4.78 is 5.11. The number of nitrogens with zero attached hydrogens (tertiary/aromatic N) is 1. The Labute approximate surface area is 70.4 Å². The van der Waals surface area contributed by atoms with Crippen LogP contribution in [0, 0.1) is 10.8 Å². The van der Waals surface area contributed by atoms with Crippen molar-refractivity contribution in [3.63, 3.8) is 0 Å². The average Bonchev–Trinajstić information content (AvgIpc) is 2.10. The number of carboxylic acids is 1. The molecule has 0 bridgehead atoms. The minimum absolute atomic E-state index is 0.0793. The van der Waals surface area contributed by atoms with Gasteiger partial charge >= 0.3 is 5.97 Å². The van der Waals surface area contributed by atoms with Crippen LogP contribution in [0.1, 0.15) is 16.2 Å². The first-order valence-electron chi connectivity index (χ1n) is 2.47. The van der Waals surface area contributed by atoms with Crippen LogP contribution >= 0.6 is 22.6 Å². The fraction of sp³-hybridized carbons (Fsp3) is 0.200. The smallest absolute Gasteiger partial charge is 0.373 e. The van der Waals surface area contributed by atoms with Gasteiger partial charge in [-0.1, -0.05) is 0 Å². The van der Waals surface area contributed by atoms with Crippen LogP contribution in [0.3, 0.4) is 0 Å². The maximum absolute atomic E-state index is 10.3. The topological polar surface area (TPSA) is 63.3 Å². The second-order valence-corrected chi connectivity index (χ2v) is 2.61. The monoisotopic (exact) mass is 253 g/mol. The highest BCUT2D eigenvalue weighted by Crippen LogP contribution is 2.10. The highest BCUT2D eigenvalue weighted by Gasteiger charge is 2.13. The Kier molecular flexibility index (Phi) is 1.93. The number of hydrogen-bond acceptors (Lipinski definition) is 3. The van der Waals surface area contributed by atoms with Crippen LogP contribution in [0.4, 0.5) is 0 Å². The molecule has 0 aliphatic carbocycles. The maximum atomic E-state index is 10.3. The lowest BCUT2D eigenvalue weighted by Crippen LogP contribution is -1.95. The van der Waals surface area contributed by atoms with Crippen LogP contribution < -0.4 is 0 Å². The summed E-state index contributed by atoms with van der Waals surface area (Å²) in [5.74, 6) is -1.16. The predicted octanol–water partition coefficient (Wildman–Crippen LogP) is 1.29. The zero-order chi connectivity index (χ0) is 7.72. The zero-order valence-corrected chi connectivity index (χ0v) is 7.25. The van der Waals surface area contributed by atoms with Crippen molar-refractivity contribution in [2.45, 2.75) is 6.92 Å². The van der Waals surface area contributed by atoms with E-state index in [1.54, 1.807) is 6.92 Å². The molecule has 0 atom stereocenters. The van der Waals surface area contributed by atoms with Crippen molar-refractivity contribution in [2.24, 2.45) is 0 Å². The Morgan fingerprint density at radius 3 is 2.60 bits per heavy atom. The number of carboxylic acid groups (broad SMARTS) is 1. The molecule has 5 heteroatoms. The Balaban J connectivity index is 3.15. The fourth-order valence-corrected chi connectivity index (χ4v) is 1.14. The van der Waals surface area contributed by atoms with E-state index < -0.39 is 5.97 Å². The van der Waals surface area contributed by atoms with Gasteiger partial charge in [0.15, 0.2) is 0 Å². The molecule has 0 saturated carbocycles. The number of hydrogen-bond donors (Lipinski definition) is 1. The predicted molar refractivity (Wildman–Crippen MR) is 40.9 cm³/mol. The van der Waals surface area contributed by atoms with Gasteiger partial charge in [0.1, 0.15) is 0 Å². The molecule has 1 heterocycles. The van der Waals surface area contributed by atoms with E-state index in [2.05, 4.69) is 4.98 Å². The molecule has 54 valence electrons. The standard InChI is InChI=1S/C5H4INO3/c1-2-3(4(8)9)10-5(6)7-2/h1H3,(H,8,9). The Bertz CT molecular complexity index is 268. The summed E-state index contributed by atoms with van der Waals surface area (Å²) in [5.41, 5.74) is 0.414. The molecule has 0 aliphatic heterocycles. The summed E-state index contributed by atoms with van der Waals surface area (Å²) >= 11 is 1.82. The van der Waals surface area contributed by atoms with Gasteiger partial charge in [0.2, 0.25) is 5.76 Å². The van der Waals surface area contributed by atoms with E-state index in [4.69, 9.17) is 9.52 Å². The fourth-order valence-electron chi connectivity index (χ4n) is 0.562. The van der Waals surface area contributed by atoms with Crippen LogP contribution in [0.15, 0.2) is 4.42 Å². The third-order valence-electron chi connectivity index (χ3n) is 0.965. The molecule has 0 fully saturated rings.